The van der Waals surface area contributed by atoms with Gasteiger partial charge in [-0.15, -0.1) is 0 Å². The second kappa shape index (κ2) is 18.5. The van der Waals surface area contributed by atoms with Gasteiger partial charge in [0.2, 0.25) is 0 Å². The van der Waals surface area contributed by atoms with E-state index in [1.165, 1.54) is 62.8 Å². The Kier molecular flexibility index (Phi) is 19.6. The molecule has 0 aliphatic carbocycles. The van der Waals surface area contributed by atoms with Crippen LogP contribution in [0.25, 0.3) is 0 Å². The molecule has 1 rings (SSSR count). The van der Waals surface area contributed by atoms with Crippen LogP contribution >= 0.6 is 0 Å². The van der Waals surface area contributed by atoms with Crippen LogP contribution < -0.4 is 0 Å². The number of likely N-dealkylation sites (tertiary alicyclic amines) is 1. The normalized spacial score (nSPS) is 18.0. The van der Waals surface area contributed by atoms with Crippen molar-refractivity contribution >= 4 is 0 Å². The second-order valence-corrected chi connectivity index (χ2v) is 6.61. The van der Waals surface area contributed by atoms with Gasteiger partial charge in [-0.1, -0.05) is 103 Å². The van der Waals surface area contributed by atoms with Crippen molar-refractivity contribution in [2.45, 2.75) is 86.5 Å². The Bertz CT molecular complexity index is 334. The van der Waals surface area contributed by atoms with E-state index in [1.54, 1.807) is 0 Å². The zero-order valence-corrected chi connectivity index (χ0v) is 17.8. The predicted molar refractivity (Wildman–Crippen MR) is 114 cm³/mol. The van der Waals surface area contributed by atoms with Gasteiger partial charge in [0.1, 0.15) is 0 Å². The SMILES string of the molecule is C=C(/C=C\C=C(/C)CC)C1CCN(C)C1.CC.CCCCCCC. The predicted octanol–water partition coefficient (Wildman–Crippen LogP) is 7.41. The highest BCUT2D eigenvalue weighted by Gasteiger charge is 2.20. The molecular weight excluding hydrogens is 290 g/mol. The van der Waals surface area contributed by atoms with Gasteiger partial charge in [0.15, 0.2) is 0 Å². The van der Waals surface area contributed by atoms with Crippen LogP contribution in [0.3, 0.4) is 0 Å². The third kappa shape index (κ3) is 14.8. The van der Waals surface area contributed by atoms with Crippen molar-refractivity contribution < 1.29 is 0 Å². The molecule has 0 aromatic heterocycles. The lowest BCUT2D eigenvalue weighted by molar-refractivity contribution is 0.406. The summed E-state index contributed by atoms with van der Waals surface area (Å²) in [7, 11) is 2.18. The van der Waals surface area contributed by atoms with Crippen LogP contribution in [0.5, 0.6) is 0 Å². The van der Waals surface area contributed by atoms with Crippen molar-refractivity contribution in [3.8, 4) is 0 Å². The largest absolute Gasteiger partial charge is 0.306 e. The van der Waals surface area contributed by atoms with E-state index >= 15 is 0 Å². The Labute approximate surface area is 153 Å². The topological polar surface area (TPSA) is 3.24 Å². The van der Waals surface area contributed by atoms with Crippen LogP contribution in [0.4, 0.5) is 0 Å². The standard InChI is InChI=1S/C14H23N.C7H16.C2H6/c1-5-12(2)7-6-8-13(3)14-9-10-15(4)11-14;1-3-5-7-6-4-2;1-2/h6-8,14H,3,5,9-11H2,1-2,4H3;3-7H2,1-2H3;1-2H3/b8-6-,12-7+;;. The molecule has 1 fully saturated rings. The van der Waals surface area contributed by atoms with Crippen LogP contribution in [0, 0.1) is 5.92 Å². The first-order valence-electron chi connectivity index (χ1n) is 10.3. The Morgan fingerprint density at radius 2 is 1.67 bits per heavy atom. The molecule has 1 nitrogen and oxygen atoms in total. The minimum atomic E-state index is 0.668. The van der Waals surface area contributed by atoms with Crippen LogP contribution in [0.1, 0.15) is 86.5 Å². The summed E-state index contributed by atoms with van der Waals surface area (Å²) in [5.74, 6) is 0.668. The van der Waals surface area contributed by atoms with Crippen molar-refractivity contribution in [3.05, 3.63) is 36.0 Å². The molecule has 1 atom stereocenters. The molecule has 24 heavy (non-hydrogen) atoms. The molecule has 0 aromatic carbocycles. The van der Waals surface area contributed by atoms with Gasteiger partial charge in [-0.05, 0) is 39.3 Å². The fraction of sp³-hybridized carbons (Fsp3) is 0.739. The van der Waals surface area contributed by atoms with Gasteiger partial charge in [-0.25, -0.2) is 0 Å². The van der Waals surface area contributed by atoms with E-state index in [4.69, 9.17) is 0 Å². The highest BCUT2D eigenvalue weighted by Crippen LogP contribution is 2.22. The number of nitrogens with zero attached hydrogens (tertiary/aromatic N) is 1. The van der Waals surface area contributed by atoms with E-state index in [-0.39, 0.29) is 0 Å². The van der Waals surface area contributed by atoms with Gasteiger partial charge in [0.05, 0.1) is 0 Å². The Morgan fingerprint density at radius 3 is 2.08 bits per heavy atom. The average Bonchev–Trinajstić information content (AvgIpc) is 3.04. The summed E-state index contributed by atoms with van der Waals surface area (Å²) in [6, 6.07) is 0. The molecule has 0 aromatic rings. The lowest BCUT2D eigenvalue weighted by Crippen LogP contribution is -2.14. The van der Waals surface area contributed by atoms with Gasteiger partial charge in [0, 0.05) is 6.54 Å². The molecule has 0 saturated carbocycles. The van der Waals surface area contributed by atoms with Gasteiger partial charge in [-0.2, -0.15) is 0 Å². The zero-order chi connectivity index (χ0) is 18.8. The molecular formula is C23H45N. The Morgan fingerprint density at radius 1 is 1.08 bits per heavy atom. The maximum absolute atomic E-state index is 4.15. The molecule has 0 radical (unpaired) electrons. The highest BCUT2D eigenvalue weighted by atomic mass is 15.1. The van der Waals surface area contributed by atoms with E-state index in [2.05, 4.69) is 64.4 Å². The van der Waals surface area contributed by atoms with E-state index < -0.39 is 0 Å². The fourth-order valence-corrected chi connectivity index (χ4v) is 2.50. The number of rotatable bonds is 8. The van der Waals surface area contributed by atoms with Crippen molar-refractivity contribution in [1.82, 2.24) is 4.90 Å². The van der Waals surface area contributed by atoms with Gasteiger partial charge >= 0.3 is 0 Å². The summed E-state index contributed by atoms with van der Waals surface area (Å²) in [6.45, 7) is 19.4. The minimum absolute atomic E-state index is 0.668. The van der Waals surface area contributed by atoms with Crippen LogP contribution in [0.15, 0.2) is 36.0 Å². The molecule has 0 spiro atoms. The van der Waals surface area contributed by atoms with Crippen molar-refractivity contribution in [2.24, 2.45) is 5.92 Å². The van der Waals surface area contributed by atoms with E-state index in [1.807, 2.05) is 13.8 Å². The van der Waals surface area contributed by atoms with E-state index in [9.17, 15) is 0 Å². The summed E-state index contributed by atoms with van der Waals surface area (Å²) in [6.07, 6.45) is 15.9. The van der Waals surface area contributed by atoms with Crippen LogP contribution in [-0.2, 0) is 0 Å². The third-order valence-corrected chi connectivity index (χ3v) is 4.37. The molecule has 0 N–H and O–H groups in total. The molecule has 1 unspecified atom stereocenters. The summed E-state index contributed by atoms with van der Waals surface area (Å²) in [5.41, 5.74) is 2.70. The average molecular weight is 336 g/mol. The molecule has 0 bridgehead atoms. The lowest BCUT2D eigenvalue weighted by atomic mass is 9.99. The summed E-state index contributed by atoms with van der Waals surface area (Å²) in [5, 5.41) is 0. The minimum Gasteiger partial charge on any atom is -0.306 e. The first-order valence-corrected chi connectivity index (χ1v) is 10.3. The molecule has 0 amide bonds. The van der Waals surface area contributed by atoms with Crippen molar-refractivity contribution in [1.29, 1.82) is 0 Å². The lowest BCUT2D eigenvalue weighted by Gasteiger charge is -2.09. The van der Waals surface area contributed by atoms with Gasteiger partial charge in [-0.3, -0.25) is 0 Å². The number of hydrogen-bond acceptors (Lipinski definition) is 1. The summed E-state index contributed by atoms with van der Waals surface area (Å²) in [4.78, 5) is 2.37. The number of unbranched alkanes of at least 4 members (excludes halogenated alkanes) is 4. The maximum atomic E-state index is 4.15. The third-order valence-electron chi connectivity index (χ3n) is 4.37. The van der Waals surface area contributed by atoms with E-state index in [0.29, 0.717) is 5.92 Å². The highest BCUT2D eigenvalue weighted by molar-refractivity contribution is 5.24. The summed E-state index contributed by atoms with van der Waals surface area (Å²) >= 11 is 0. The number of allylic oxidation sites excluding steroid dienone is 4. The van der Waals surface area contributed by atoms with Gasteiger partial charge < -0.3 is 4.90 Å². The monoisotopic (exact) mass is 335 g/mol. The maximum Gasteiger partial charge on any atom is 0.00475 e. The molecule has 1 aliphatic heterocycles. The van der Waals surface area contributed by atoms with Crippen molar-refractivity contribution in [3.63, 3.8) is 0 Å². The summed E-state index contributed by atoms with van der Waals surface area (Å²) < 4.78 is 0. The number of hydrogen-bond donors (Lipinski definition) is 0. The smallest absolute Gasteiger partial charge is 0.00475 e. The molecule has 1 aliphatic rings. The Hall–Kier alpha value is -0.820. The van der Waals surface area contributed by atoms with Crippen molar-refractivity contribution in [2.75, 3.05) is 20.1 Å². The fourth-order valence-electron chi connectivity index (χ4n) is 2.50. The first kappa shape index (κ1) is 25.4. The van der Waals surface area contributed by atoms with Gasteiger partial charge in [0.25, 0.3) is 0 Å². The molecule has 1 saturated heterocycles. The quantitative estimate of drug-likeness (QED) is 0.330. The van der Waals surface area contributed by atoms with E-state index in [0.717, 1.165) is 6.42 Å². The molecule has 1 heterocycles. The van der Waals surface area contributed by atoms with Crippen LogP contribution in [-0.4, -0.2) is 25.0 Å². The Balaban J connectivity index is 0. The zero-order valence-electron chi connectivity index (χ0n) is 17.8. The second-order valence-electron chi connectivity index (χ2n) is 6.61. The van der Waals surface area contributed by atoms with Crippen LogP contribution in [0.2, 0.25) is 0 Å². The first-order chi connectivity index (χ1) is 11.5. The molecule has 142 valence electrons. The molecule has 1 heteroatoms.